The Morgan fingerprint density at radius 2 is 2.10 bits per heavy atom. The topological polar surface area (TPSA) is 59.3 Å². The van der Waals surface area contributed by atoms with E-state index in [0.29, 0.717) is 17.9 Å². The largest absolute Gasteiger partial charge is 0.347 e. The molecule has 1 N–H and O–H groups in total. The lowest BCUT2D eigenvalue weighted by molar-refractivity contribution is 0.0946. The lowest BCUT2D eigenvalue weighted by Crippen LogP contribution is -2.23. The fourth-order valence-corrected chi connectivity index (χ4v) is 1.83. The molecule has 20 heavy (non-hydrogen) atoms. The van der Waals surface area contributed by atoms with Crippen LogP contribution in [0.3, 0.4) is 0 Å². The molecule has 0 saturated carbocycles. The lowest BCUT2D eigenvalue weighted by Gasteiger charge is -2.03. The zero-order valence-electron chi connectivity index (χ0n) is 10.5. The van der Waals surface area contributed by atoms with E-state index < -0.39 is 0 Å². The summed E-state index contributed by atoms with van der Waals surface area (Å²) in [5.41, 5.74) is 1.75. The maximum Gasteiger partial charge on any atom is 0.271 e. The normalized spacial score (nSPS) is 10.7. The van der Waals surface area contributed by atoms with Gasteiger partial charge in [-0.2, -0.15) is 0 Å². The summed E-state index contributed by atoms with van der Waals surface area (Å²) in [6, 6.07) is 5.97. The van der Waals surface area contributed by atoms with Gasteiger partial charge in [0.25, 0.3) is 5.91 Å². The Balaban J connectivity index is 1.71. The monoisotopic (exact) mass is 270 g/mol. The summed E-state index contributed by atoms with van der Waals surface area (Å²) in [7, 11) is 0. The van der Waals surface area contributed by atoms with Gasteiger partial charge in [0.2, 0.25) is 0 Å². The third kappa shape index (κ3) is 2.49. The van der Waals surface area contributed by atoms with Crippen LogP contribution in [0.5, 0.6) is 0 Å². The molecular formula is C14H11FN4O. The number of fused-ring (bicyclic) bond motifs is 1. The molecular weight excluding hydrogens is 259 g/mol. The number of amides is 1. The Bertz CT molecular complexity index is 718. The predicted octanol–water partition coefficient (Wildman–Crippen LogP) is 1.80. The second kappa shape index (κ2) is 5.08. The molecule has 1 amide bonds. The minimum atomic E-state index is -0.298. The lowest BCUT2D eigenvalue weighted by atomic mass is 10.2. The van der Waals surface area contributed by atoms with Crippen LogP contribution in [0, 0.1) is 5.82 Å². The molecule has 6 heteroatoms. The van der Waals surface area contributed by atoms with Crippen LogP contribution < -0.4 is 5.32 Å². The van der Waals surface area contributed by atoms with Crippen LogP contribution in [0.15, 0.2) is 49.1 Å². The first-order valence-corrected chi connectivity index (χ1v) is 6.04. The standard InChI is InChI=1S/C14H11FN4O/c15-11-3-1-10(2-4-11)7-17-14(20)12-9-19-6-5-16-8-13(19)18-12/h1-6,8-9H,7H2,(H,17,20). The maximum absolute atomic E-state index is 12.8. The molecule has 2 aromatic heterocycles. The number of imidazole rings is 1. The molecule has 0 aliphatic heterocycles. The van der Waals surface area contributed by atoms with Gasteiger partial charge in [-0.3, -0.25) is 9.78 Å². The zero-order chi connectivity index (χ0) is 13.9. The first-order chi connectivity index (χ1) is 9.72. The average molecular weight is 270 g/mol. The van der Waals surface area contributed by atoms with E-state index in [-0.39, 0.29) is 11.7 Å². The molecule has 0 unspecified atom stereocenters. The number of carbonyl (C=O) groups is 1. The van der Waals surface area contributed by atoms with Crippen molar-refractivity contribution in [1.82, 2.24) is 19.7 Å². The second-order valence-corrected chi connectivity index (χ2v) is 4.28. The molecule has 2 heterocycles. The zero-order valence-corrected chi connectivity index (χ0v) is 10.5. The molecule has 0 saturated heterocycles. The van der Waals surface area contributed by atoms with Crippen molar-refractivity contribution >= 4 is 11.6 Å². The van der Waals surface area contributed by atoms with Crippen molar-refractivity contribution in [3.05, 3.63) is 66.1 Å². The van der Waals surface area contributed by atoms with Crippen LogP contribution in [-0.4, -0.2) is 20.3 Å². The van der Waals surface area contributed by atoms with E-state index in [2.05, 4.69) is 15.3 Å². The van der Waals surface area contributed by atoms with Crippen LogP contribution >= 0.6 is 0 Å². The van der Waals surface area contributed by atoms with Gasteiger partial charge in [0.05, 0.1) is 6.20 Å². The summed E-state index contributed by atoms with van der Waals surface area (Å²) in [6.45, 7) is 0.325. The molecule has 0 atom stereocenters. The van der Waals surface area contributed by atoms with E-state index in [4.69, 9.17) is 0 Å². The molecule has 0 bridgehead atoms. The highest BCUT2D eigenvalue weighted by Crippen LogP contribution is 2.05. The van der Waals surface area contributed by atoms with Crippen LogP contribution in [0.25, 0.3) is 5.65 Å². The first-order valence-electron chi connectivity index (χ1n) is 6.04. The second-order valence-electron chi connectivity index (χ2n) is 4.28. The van der Waals surface area contributed by atoms with Crippen molar-refractivity contribution in [3.63, 3.8) is 0 Å². The van der Waals surface area contributed by atoms with E-state index in [0.717, 1.165) is 5.56 Å². The van der Waals surface area contributed by atoms with Crippen molar-refractivity contribution in [2.24, 2.45) is 0 Å². The highest BCUT2D eigenvalue weighted by molar-refractivity contribution is 5.92. The Labute approximate surface area is 114 Å². The molecule has 0 aliphatic carbocycles. The quantitative estimate of drug-likeness (QED) is 0.789. The summed E-state index contributed by atoms with van der Waals surface area (Å²) >= 11 is 0. The Morgan fingerprint density at radius 1 is 1.30 bits per heavy atom. The van der Waals surface area contributed by atoms with Gasteiger partial charge in [0.1, 0.15) is 11.5 Å². The number of nitrogens with zero attached hydrogens (tertiary/aromatic N) is 3. The summed E-state index contributed by atoms with van der Waals surface area (Å²) in [6.07, 6.45) is 6.56. The van der Waals surface area contributed by atoms with E-state index in [1.54, 1.807) is 41.3 Å². The van der Waals surface area contributed by atoms with Crippen molar-refractivity contribution in [1.29, 1.82) is 0 Å². The van der Waals surface area contributed by atoms with Crippen LogP contribution in [0.2, 0.25) is 0 Å². The number of carbonyl (C=O) groups excluding carboxylic acids is 1. The Kier molecular flexibility index (Phi) is 3.12. The molecule has 5 nitrogen and oxygen atoms in total. The van der Waals surface area contributed by atoms with Crippen molar-refractivity contribution in [2.45, 2.75) is 6.54 Å². The molecule has 0 spiro atoms. The summed E-state index contributed by atoms with van der Waals surface area (Å²) in [5, 5.41) is 2.74. The minimum absolute atomic E-state index is 0.280. The number of aromatic nitrogens is 3. The number of nitrogens with one attached hydrogen (secondary N) is 1. The predicted molar refractivity (Wildman–Crippen MR) is 70.6 cm³/mol. The number of rotatable bonds is 3. The van der Waals surface area contributed by atoms with E-state index in [1.807, 2.05) is 0 Å². The van der Waals surface area contributed by atoms with Crippen molar-refractivity contribution in [3.8, 4) is 0 Å². The van der Waals surface area contributed by atoms with E-state index in [9.17, 15) is 9.18 Å². The van der Waals surface area contributed by atoms with Crippen LogP contribution in [-0.2, 0) is 6.54 Å². The number of halogens is 1. The molecule has 1 aromatic carbocycles. The van der Waals surface area contributed by atoms with Gasteiger partial charge < -0.3 is 9.72 Å². The number of hydrogen-bond donors (Lipinski definition) is 1. The minimum Gasteiger partial charge on any atom is -0.347 e. The highest BCUT2D eigenvalue weighted by atomic mass is 19.1. The van der Waals surface area contributed by atoms with Gasteiger partial charge in [0.15, 0.2) is 5.65 Å². The van der Waals surface area contributed by atoms with Gasteiger partial charge in [0, 0.05) is 25.1 Å². The summed E-state index contributed by atoms with van der Waals surface area (Å²) < 4.78 is 14.5. The number of benzene rings is 1. The Morgan fingerprint density at radius 3 is 2.85 bits per heavy atom. The van der Waals surface area contributed by atoms with Crippen molar-refractivity contribution < 1.29 is 9.18 Å². The molecule has 3 aromatic rings. The summed E-state index contributed by atoms with van der Waals surface area (Å²) in [4.78, 5) is 20.1. The fourth-order valence-electron chi connectivity index (χ4n) is 1.83. The highest BCUT2D eigenvalue weighted by Gasteiger charge is 2.10. The SMILES string of the molecule is O=C(NCc1ccc(F)cc1)c1cn2ccncc2n1. The van der Waals surface area contributed by atoms with Gasteiger partial charge in [-0.15, -0.1) is 0 Å². The fraction of sp³-hybridized carbons (Fsp3) is 0.0714. The van der Waals surface area contributed by atoms with E-state index in [1.165, 1.54) is 12.1 Å². The van der Waals surface area contributed by atoms with Crippen molar-refractivity contribution in [2.75, 3.05) is 0 Å². The third-order valence-electron chi connectivity index (χ3n) is 2.86. The smallest absolute Gasteiger partial charge is 0.271 e. The molecule has 100 valence electrons. The molecule has 0 aliphatic rings. The molecule has 0 radical (unpaired) electrons. The maximum atomic E-state index is 12.8. The first kappa shape index (κ1) is 12.3. The van der Waals surface area contributed by atoms with Crippen LogP contribution in [0.4, 0.5) is 4.39 Å². The molecule has 0 fully saturated rings. The average Bonchev–Trinajstić information content (AvgIpc) is 2.90. The third-order valence-corrected chi connectivity index (χ3v) is 2.86. The van der Waals surface area contributed by atoms with Gasteiger partial charge >= 0.3 is 0 Å². The summed E-state index contributed by atoms with van der Waals surface area (Å²) in [5.74, 6) is -0.578. The number of hydrogen-bond acceptors (Lipinski definition) is 3. The van der Waals surface area contributed by atoms with Crippen LogP contribution in [0.1, 0.15) is 16.1 Å². The van der Waals surface area contributed by atoms with Gasteiger partial charge in [-0.1, -0.05) is 12.1 Å². The Hall–Kier alpha value is -2.76. The molecule has 3 rings (SSSR count). The van der Waals surface area contributed by atoms with Gasteiger partial charge in [-0.25, -0.2) is 9.37 Å². The van der Waals surface area contributed by atoms with Gasteiger partial charge in [-0.05, 0) is 17.7 Å². The van der Waals surface area contributed by atoms with E-state index >= 15 is 0 Å².